The Kier molecular flexibility index (Phi) is 9.29. The number of amides is 1. The topological polar surface area (TPSA) is 173 Å². The van der Waals surface area contributed by atoms with Gasteiger partial charge in [0.05, 0.1) is 12.0 Å². The number of carboxylic acid groups (broad SMARTS) is 1. The summed E-state index contributed by atoms with van der Waals surface area (Å²) in [4.78, 5) is 37.8. The Morgan fingerprint density at radius 2 is 1.91 bits per heavy atom. The van der Waals surface area contributed by atoms with Crippen LogP contribution in [0.3, 0.4) is 0 Å². The van der Waals surface area contributed by atoms with Crippen molar-refractivity contribution in [2.45, 2.75) is 64.5 Å². The van der Waals surface area contributed by atoms with E-state index in [0.29, 0.717) is 19.4 Å². The summed E-state index contributed by atoms with van der Waals surface area (Å²) < 4.78 is 23.3. The molecule has 2 heterocycles. The van der Waals surface area contributed by atoms with Crippen molar-refractivity contribution in [2.24, 2.45) is 28.6 Å². The van der Waals surface area contributed by atoms with E-state index in [4.69, 9.17) is 10.9 Å². The number of nitrogens with zero attached hydrogens (tertiary/aromatic N) is 1. The quantitative estimate of drug-likeness (QED) is 0.343. The lowest BCUT2D eigenvalue weighted by molar-refractivity contribution is -0.160. The molecular weight excluding hydrogens is 456 g/mol. The van der Waals surface area contributed by atoms with Gasteiger partial charge in [-0.25, -0.2) is 9.93 Å². The molecule has 0 aromatic heterocycles. The fourth-order valence-corrected chi connectivity index (χ4v) is 6.50. The van der Waals surface area contributed by atoms with Crippen LogP contribution >= 0.6 is 11.8 Å². The molecule has 0 aromatic rings. The summed E-state index contributed by atoms with van der Waals surface area (Å²) in [6.07, 6.45) is 6.53. The van der Waals surface area contributed by atoms with Gasteiger partial charge in [0.2, 0.25) is 5.91 Å². The van der Waals surface area contributed by atoms with Gasteiger partial charge in [-0.05, 0) is 31.6 Å². The largest absolute Gasteiger partial charge is 0.477 e. The van der Waals surface area contributed by atoms with Crippen LogP contribution in [0.25, 0.3) is 0 Å². The summed E-state index contributed by atoms with van der Waals surface area (Å²) in [5.41, 5.74) is 5.50. The van der Waals surface area contributed by atoms with E-state index in [1.165, 1.54) is 16.7 Å². The molecule has 2 fully saturated rings. The van der Waals surface area contributed by atoms with Crippen LogP contribution < -0.4 is 15.6 Å². The SMILES string of the molecule is CSC1=C(C(=O)O)N2C(=O)[C@H]([C@@H](C)CC(=O)CCN)[C@H]2[C@H]1C.NS(=O)(=O)NC1CCCC1. The highest BCUT2D eigenvalue weighted by atomic mass is 32.2. The van der Waals surface area contributed by atoms with E-state index in [0.717, 1.165) is 30.6 Å². The van der Waals surface area contributed by atoms with Crippen molar-refractivity contribution in [1.82, 2.24) is 9.62 Å². The van der Waals surface area contributed by atoms with E-state index in [9.17, 15) is 27.9 Å². The molecule has 6 N–H and O–H groups in total. The summed E-state index contributed by atoms with van der Waals surface area (Å²) >= 11 is 1.38. The van der Waals surface area contributed by atoms with Crippen LogP contribution in [0.4, 0.5) is 0 Å². The Bertz CT molecular complexity index is 869. The van der Waals surface area contributed by atoms with Crippen molar-refractivity contribution in [3.63, 3.8) is 0 Å². The average molecular weight is 491 g/mol. The second-order valence-corrected chi connectivity index (χ2v) is 10.8. The first-order valence-corrected chi connectivity index (χ1v) is 13.6. The molecule has 3 rings (SSSR count). The van der Waals surface area contributed by atoms with Crippen molar-refractivity contribution in [3.05, 3.63) is 10.6 Å². The van der Waals surface area contributed by atoms with E-state index in [2.05, 4.69) is 4.72 Å². The van der Waals surface area contributed by atoms with Gasteiger partial charge < -0.3 is 15.7 Å². The minimum absolute atomic E-state index is 0.00383. The smallest absolute Gasteiger partial charge is 0.353 e. The predicted molar refractivity (Wildman–Crippen MR) is 122 cm³/mol. The van der Waals surface area contributed by atoms with E-state index in [1.807, 2.05) is 20.1 Å². The summed E-state index contributed by atoms with van der Waals surface area (Å²) in [5, 5.41) is 14.2. The fraction of sp³-hybridized carbons (Fsp3) is 0.750. The highest BCUT2D eigenvalue weighted by molar-refractivity contribution is 8.02. The molecule has 182 valence electrons. The Morgan fingerprint density at radius 1 is 1.31 bits per heavy atom. The predicted octanol–water partition coefficient (Wildman–Crippen LogP) is 0.789. The van der Waals surface area contributed by atoms with Crippen molar-refractivity contribution in [3.8, 4) is 0 Å². The monoisotopic (exact) mass is 490 g/mol. The Labute approximate surface area is 193 Å². The molecular formula is C20H34N4O6S2. The van der Waals surface area contributed by atoms with Crippen LogP contribution in [-0.2, 0) is 24.6 Å². The van der Waals surface area contributed by atoms with Crippen LogP contribution in [0, 0.1) is 17.8 Å². The number of hydrogen-bond donors (Lipinski definition) is 4. The number of Topliss-reactive ketones (excluding diaryl/α,β-unsaturated/α-hetero) is 1. The first kappa shape index (κ1) is 26.8. The highest BCUT2D eigenvalue weighted by Crippen LogP contribution is 2.51. The van der Waals surface area contributed by atoms with Gasteiger partial charge in [0.25, 0.3) is 10.2 Å². The van der Waals surface area contributed by atoms with Crippen molar-refractivity contribution in [2.75, 3.05) is 12.8 Å². The zero-order valence-corrected chi connectivity index (χ0v) is 20.4. The van der Waals surface area contributed by atoms with Gasteiger partial charge in [-0.3, -0.25) is 9.59 Å². The van der Waals surface area contributed by atoms with Crippen molar-refractivity contribution in [1.29, 1.82) is 0 Å². The molecule has 0 spiro atoms. The van der Waals surface area contributed by atoms with Gasteiger partial charge >= 0.3 is 5.97 Å². The maximum absolute atomic E-state index is 12.4. The molecule has 12 heteroatoms. The van der Waals surface area contributed by atoms with E-state index in [-0.39, 0.29) is 47.2 Å². The molecule has 0 aromatic carbocycles. The van der Waals surface area contributed by atoms with E-state index < -0.39 is 16.2 Å². The third-order valence-corrected chi connectivity index (χ3v) is 7.95. The molecule has 0 bridgehead atoms. The summed E-state index contributed by atoms with van der Waals surface area (Å²) in [6, 6.07) is -0.0447. The van der Waals surface area contributed by atoms with Gasteiger partial charge in [0.15, 0.2) is 0 Å². The maximum atomic E-state index is 12.4. The number of nitrogens with two attached hydrogens (primary N) is 2. The number of hydrogen-bond acceptors (Lipinski definition) is 7. The zero-order chi connectivity index (χ0) is 24.2. The van der Waals surface area contributed by atoms with Crippen LogP contribution in [0.15, 0.2) is 10.6 Å². The van der Waals surface area contributed by atoms with Crippen LogP contribution in [0.1, 0.15) is 52.4 Å². The normalized spacial score (nSPS) is 26.3. The summed E-state index contributed by atoms with van der Waals surface area (Å²) in [5.74, 6) is -1.55. The number of carbonyl (C=O) groups excluding carboxylic acids is 2. The first-order valence-electron chi connectivity index (χ1n) is 10.8. The molecule has 0 unspecified atom stereocenters. The van der Waals surface area contributed by atoms with E-state index >= 15 is 0 Å². The number of ketones is 1. The third-order valence-electron chi connectivity index (χ3n) is 6.28. The number of thioether (sulfide) groups is 1. The average Bonchev–Trinajstić information content (AvgIpc) is 3.25. The Morgan fingerprint density at radius 3 is 2.38 bits per heavy atom. The lowest BCUT2D eigenvalue weighted by Gasteiger charge is -2.47. The molecule has 1 amide bonds. The summed E-state index contributed by atoms with van der Waals surface area (Å²) in [6.45, 7) is 4.16. The number of carbonyl (C=O) groups is 3. The molecule has 32 heavy (non-hydrogen) atoms. The Hall–Kier alpha value is -1.47. The lowest BCUT2D eigenvalue weighted by atomic mass is 9.73. The molecule has 0 radical (unpaired) electrons. The van der Waals surface area contributed by atoms with Crippen LogP contribution in [0.5, 0.6) is 0 Å². The Balaban J connectivity index is 0.000000303. The van der Waals surface area contributed by atoms with Gasteiger partial charge in [-0.15, -0.1) is 11.8 Å². The minimum Gasteiger partial charge on any atom is -0.477 e. The minimum atomic E-state index is -3.46. The number of rotatable bonds is 9. The molecule has 1 aliphatic carbocycles. The van der Waals surface area contributed by atoms with Gasteiger partial charge in [-0.2, -0.15) is 13.1 Å². The fourth-order valence-electron chi connectivity index (χ4n) is 4.91. The molecule has 4 atom stereocenters. The van der Waals surface area contributed by atoms with E-state index in [1.54, 1.807) is 0 Å². The summed E-state index contributed by atoms with van der Waals surface area (Å²) in [7, 11) is -3.46. The number of nitrogens with one attached hydrogen (secondary N) is 1. The molecule has 1 saturated carbocycles. The molecule has 2 aliphatic heterocycles. The van der Waals surface area contributed by atoms with Crippen LogP contribution in [0.2, 0.25) is 0 Å². The molecule has 1 saturated heterocycles. The number of β-lactam (4-membered cyclic amide) rings is 1. The van der Waals surface area contributed by atoms with Crippen molar-refractivity contribution >= 4 is 39.6 Å². The van der Waals surface area contributed by atoms with Crippen LogP contribution in [-0.4, -0.2) is 61.0 Å². The number of fused-ring (bicyclic) bond motifs is 1. The second-order valence-electron chi connectivity index (χ2n) is 8.64. The third kappa shape index (κ3) is 6.10. The molecule has 3 aliphatic rings. The standard InChI is InChI=1S/C15H22N2O4S.C5H12N2O2S/c1-7(6-9(18)4-5-16)10-11-8(2)13(22-3)12(15(20)21)17(11)14(10)19;6-10(8,9)7-5-3-1-2-4-5/h7-8,10-11H,4-6,16H2,1-3H3,(H,20,21);5,7H,1-4H2,(H2,6,8,9)/t7-,8+,10+,11+;/m0./s1. The second kappa shape index (κ2) is 11.1. The highest BCUT2D eigenvalue weighted by Gasteiger charge is 2.59. The first-order chi connectivity index (χ1) is 14.9. The zero-order valence-electron chi connectivity index (χ0n) is 18.7. The van der Waals surface area contributed by atoms with Crippen molar-refractivity contribution < 1.29 is 27.9 Å². The molecule has 10 nitrogen and oxygen atoms in total. The lowest BCUT2D eigenvalue weighted by Crippen LogP contribution is -2.62. The van der Waals surface area contributed by atoms with Gasteiger partial charge in [0, 0.05) is 29.7 Å². The van der Waals surface area contributed by atoms with Gasteiger partial charge in [0.1, 0.15) is 11.5 Å². The number of aliphatic carboxylic acids is 1. The van der Waals surface area contributed by atoms with Gasteiger partial charge in [-0.1, -0.05) is 26.7 Å². The number of carboxylic acids is 1. The maximum Gasteiger partial charge on any atom is 0.353 e.